The molecule has 4 N–H and O–H groups in total. The van der Waals surface area contributed by atoms with Crippen molar-refractivity contribution < 1.29 is 14.3 Å². The van der Waals surface area contributed by atoms with Crippen molar-refractivity contribution in [2.24, 2.45) is 5.73 Å². The largest absolute Gasteiger partial charge is 0.383 e. The summed E-state index contributed by atoms with van der Waals surface area (Å²) in [7, 11) is 3.09. The summed E-state index contributed by atoms with van der Waals surface area (Å²) in [5, 5.41) is 5.31. The number of rotatable bonds is 7. The molecule has 0 heterocycles. The molecule has 0 aliphatic rings. The van der Waals surface area contributed by atoms with Gasteiger partial charge in [0.15, 0.2) is 0 Å². The third kappa shape index (κ3) is 4.99. The van der Waals surface area contributed by atoms with Crippen molar-refractivity contribution in [3.05, 3.63) is 35.4 Å². The monoisotopic (exact) mass is 279 g/mol. The summed E-state index contributed by atoms with van der Waals surface area (Å²) in [4.78, 5) is 23.1. The number of amides is 2. The first kappa shape index (κ1) is 16.1. The summed E-state index contributed by atoms with van der Waals surface area (Å²) < 4.78 is 4.81. The molecule has 0 aromatic heterocycles. The Morgan fingerprint density at radius 1 is 1.40 bits per heavy atom. The Hall–Kier alpha value is -1.92. The van der Waals surface area contributed by atoms with Crippen LogP contribution in [0.4, 0.5) is 0 Å². The number of benzene rings is 1. The SMILES string of the molecule is CNC(=O)c1cccc(CCNC(=O)C(N)COC)c1. The van der Waals surface area contributed by atoms with E-state index in [1.165, 1.54) is 7.11 Å². The maximum absolute atomic E-state index is 11.6. The van der Waals surface area contributed by atoms with Gasteiger partial charge in [0.25, 0.3) is 5.91 Å². The van der Waals surface area contributed by atoms with E-state index in [-0.39, 0.29) is 18.4 Å². The van der Waals surface area contributed by atoms with Gasteiger partial charge in [0.1, 0.15) is 6.04 Å². The minimum atomic E-state index is -0.655. The predicted octanol–water partition coefficient (Wildman–Crippen LogP) is -0.321. The fourth-order valence-electron chi connectivity index (χ4n) is 1.73. The highest BCUT2D eigenvalue weighted by atomic mass is 16.5. The van der Waals surface area contributed by atoms with Crippen LogP contribution < -0.4 is 16.4 Å². The first-order chi connectivity index (χ1) is 9.58. The van der Waals surface area contributed by atoms with E-state index >= 15 is 0 Å². The molecule has 0 radical (unpaired) electrons. The van der Waals surface area contributed by atoms with Gasteiger partial charge in [-0.05, 0) is 24.1 Å². The van der Waals surface area contributed by atoms with Gasteiger partial charge in [-0.1, -0.05) is 12.1 Å². The van der Waals surface area contributed by atoms with Crippen molar-refractivity contribution in [3.8, 4) is 0 Å². The van der Waals surface area contributed by atoms with Crippen LogP contribution in [0.25, 0.3) is 0 Å². The molecule has 0 aliphatic heterocycles. The van der Waals surface area contributed by atoms with Crippen LogP contribution in [0.3, 0.4) is 0 Å². The van der Waals surface area contributed by atoms with E-state index in [4.69, 9.17) is 10.5 Å². The molecule has 1 atom stereocenters. The summed E-state index contributed by atoms with van der Waals surface area (Å²) >= 11 is 0. The van der Waals surface area contributed by atoms with Crippen LogP contribution in [-0.2, 0) is 16.0 Å². The van der Waals surface area contributed by atoms with Gasteiger partial charge < -0.3 is 21.1 Å². The second-order valence-corrected chi connectivity index (χ2v) is 4.38. The summed E-state index contributed by atoms with van der Waals surface area (Å²) in [6.07, 6.45) is 0.635. The number of methoxy groups -OCH3 is 1. The highest BCUT2D eigenvalue weighted by Crippen LogP contribution is 2.05. The normalized spacial score (nSPS) is 11.8. The second kappa shape index (κ2) is 8.29. The topological polar surface area (TPSA) is 93.5 Å². The Balaban J connectivity index is 2.46. The quantitative estimate of drug-likeness (QED) is 0.637. The molecule has 6 nitrogen and oxygen atoms in total. The highest BCUT2D eigenvalue weighted by molar-refractivity contribution is 5.94. The van der Waals surface area contributed by atoms with Crippen LogP contribution in [-0.4, -0.2) is 45.2 Å². The molecule has 0 fully saturated rings. The maximum atomic E-state index is 11.6. The van der Waals surface area contributed by atoms with Gasteiger partial charge in [-0.15, -0.1) is 0 Å². The van der Waals surface area contributed by atoms with Gasteiger partial charge >= 0.3 is 0 Å². The van der Waals surface area contributed by atoms with E-state index in [1.54, 1.807) is 19.2 Å². The first-order valence-corrected chi connectivity index (χ1v) is 6.41. The Labute approximate surface area is 118 Å². The van der Waals surface area contributed by atoms with Crippen LogP contribution >= 0.6 is 0 Å². The minimum absolute atomic E-state index is 0.127. The average Bonchev–Trinajstić information content (AvgIpc) is 2.46. The standard InChI is InChI=1S/C14H21N3O3/c1-16-13(18)11-5-3-4-10(8-11)6-7-17-14(19)12(15)9-20-2/h3-5,8,12H,6-7,9,15H2,1-2H3,(H,16,18)(H,17,19). The Bertz CT molecular complexity index is 463. The molecule has 0 aliphatic carbocycles. The van der Waals surface area contributed by atoms with Crippen molar-refractivity contribution in [1.29, 1.82) is 0 Å². The Kier molecular flexibility index (Phi) is 6.69. The van der Waals surface area contributed by atoms with Gasteiger partial charge in [0, 0.05) is 26.3 Å². The Morgan fingerprint density at radius 3 is 2.80 bits per heavy atom. The molecular weight excluding hydrogens is 258 g/mol. The average molecular weight is 279 g/mol. The van der Waals surface area contributed by atoms with Crippen molar-refractivity contribution in [2.45, 2.75) is 12.5 Å². The maximum Gasteiger partial charge on any atom is 0.251 e. The molecular formula is C14H21N3O3. The summed E-state index contributed by atoms with van der Waals surface area (Å²) in [5.41, 5.74) is 7.18. The van der Waals surface area contributed by atoms with Gasteiger partial charge in [-0.2, -0.15) is 0 Å². The zero-order valence-corrected chi connectivity index (χ0v) is 11.8. The molecule has 2 amide bonds. The lowest BCUT2D eigenvalue weighted by Gasteiger charge is -2.11. The molecule has 0 saturated heterocycles. The second-order valence-electron chi connectivity index (χ2n) is 4.38. The smallest absolute Gasteiger partial charge is 0.251 e. The third-order valence-electron chi connectivity index (χ3n) is 2.81. The van der Waals surface area contributed by atoms with E-state index in [2.05, 4.69) is 10.6 Å². The lowest BCUT2D eigenvalue weighted by Crippen LogP contribution is -2.44. The third-order valence-corrected chi connectivity index (χ3v) is 2.81. The van der Waals surface area contributed by atoms with Gasteiger partial charge in [-0.25, -0.2) is 0 Å². The zero-order valence-electron chi connectivity index (χ0n) is 11.8. The molecule has 110 valence electrons. The van der Waals surface area contributed by atoms with Crippen molar-refractivity contribution in [1.82, 2.24) is 10.6 Å². The van der Waals surface area contributed by atoms with Crippen molar-refractivity contribution in [3.63, 3.8) is 0 Å². The first-order valence-electron chi connectivity index (χ1n) is 6.41. The molecule has 0 spiro atoms. The number of nitrogens with two attached hydrogens (primary N) is 1. The van der Waals surface area contributed by atoms with Crippen LogP contribution in [0.5, 0.6) is 0 Å². The van der Waals surface area contributed by atoms with E-state index in [1.807, 2.05) is 12.1 Å². The molecule has 1 rings (SSSR count). The van der Waals surface area contributed by atoms with Crippen LogP contribution in [0, 0.1) is 0 Å². The molecule has 1 unspecified atom stereocenters. The van der Waals surface area contributed by atoms with Gasteiger partial charge in [0.2, 0.25) is 5.91 Å². The van der Waals surface area contributed by atoms with Crippen LogP contribution in [0.15, 0.2) is 24.3 Å². The molecule has 1 aromatic carbocycles. The van der Waals surface area contributed by atoms with E-state index in [9.17, 15) is 9.59 Å². The minimum Gasteiger partial charge on any atom is -0.383 e. The predicted molar refractivity (Wildman–Crippen MR) is 76.4 cm³/mol. The lowest BCUT2D eigenvalue weighted by molar-refractivity contribution is -0.123. The highest BCUT2D eigenvalue weighted by Gasteiger charge is 2.12. The molecule has 1 aromatic rings. The van der Waals surface area contributed by atoms with Gasteiger partial charge in [-0.3, -0.25) is 9.59 Å². The molecule has 6 heteroatoms. The fraction of sp³-hybridized carbons (Fsp3) is 0.429. The lowest BCUT2D eigenvalue weighted by atomic mass is 10.1. The summed E-state index contributed by atoms with van der Waals surface area (Å²) in [6.45, 7) is 0.658. The fourth-order valence-corrected chi connectivity index (χ4v) is 1.73. The molecule has 0 bridgehead atoms. The number of hydrogen-bond acceptors (Lipinski definition) is 4. The van der Waals surface area contributed by atoms with Gasteiger partial charge in [0.05, 0.1) is 6.61 Å². The molecule has 20 heavy (non-hydrogen) atoms. The Morgan fingerprint density at radius 2 is 2.15 bits per heavy atom. The number of carbonyl (C=O) groups excluding carboxylic acids is 2. The van der Waals surface area contributed by atoms with Crippen LogP contribution in [0.1, 0.15) is 15.9 Å². The molecule has 0 saturated carbocycles. The van der Waals surface area contributed by atoms with Crippen molar-refractivity contribution >= 4 is 11.8 Å². The number of carbonyl (C=O) groups is 2. The van der Waals surface area contributed by atoms with E-state index in [0.717, 1.165) is 5.56 Å². The summed E-state index contributed by atoms with van der Waals surface area (Å²) in [5.74, 6) is -0.368. The number of nitrogens with one attached hydrogen (secondary N) is 2. The van der Waals surface area contributed by atoms with E-state index in [0.29, 0.717) is 18.5 Å². The zero-order chi connectivity index (χ0) is 15.0. The van der Waals surface area contributed by atoms with Crippen LogP contribution in [0.2, 0.25) is 0 Å². The number of ether oxygens (including phenoxy) is 1. The van der Waals surface area contributed by atoms with E-state index < -0.39 is 6.04 Å². The number of hydrogen-bond donors (Lipinski definition) is 3. The van der Waals surface area contributed by atoms with Crippen molar-refractivity contribution in [2.75, 3.05) is 27.3 Å². The summed E-state index contributed by atoms with van der Waals surface area (Å²) in [6, 6.07) is 6.62.